The quantitative estimate of drug-likeness (QED) is 0.279. The third kappa shape index (κ3) is 5.01. The number of halogens is 1. The Bertz CT molecular complexity index is 634. The van der Waals surface area contributed by atoms with Crippen LogP contribution in [0.25, 0.3) is 0 Å². The van der Waals surface area contributed by atoms with E-state index < -0.39 is 41.8 Å². The highest BCUT2D eigenvalue weighted by Crippen LogP contribution is 2.44. The molecule has 0 amide bonds. The van der Waals surface area contributed by atoms with Crippen molar-refractivity contribution in [1.29, 1.82) is 0 Å². The molecule has 0 radical (unpaired) electrons. The Morgan fingerprint density at radius 1 is 0.967 bits per heavy atom. The Morgan fingerprint density at radius 2 is 1.47 bits per heavy atom. The normalized spacial score (nSPS) is 30.0. The second-order valence-electron chi connectivity index (χ2n) is 8.42. The Kier molecular flexibility index (Phi) is 7.03. The van der Waals surface area contributed by atoms with E-state index in [9.17, 15) is 9.59 Å². The van der Waals surface area contributed by atoms with Crippen molar-refractivity contribution in [2.24, 2.45) is 0 Å². The Labute approximate surface area is 190 Å². The number of carbonyl (C=O) groups excluding carboxylic acids is 2. The van der Waals surface area contributed by atoms with Crippen LogP contribution in [0.5, 0.6) is 0 Å². The molecule has 2 saturated carbocycles. The van der Waals surface area contributed by atoms with Crippen LogP contribution >= 0.6 is 22.6 Å². The van der Waals surface area contributed by atoms with Crippen LogP contribution < -0.4 is 0 Å². The molecule has 2 spiro atoms. The van der Waals surface area contributed by atoms with Gasteiger partial charge < -0.3 is 28.4 Å². The molecule has 30 heavy (non-hydrogen) atoms. The second-order valence-corrected chi connectivity index (χ2v) is 9.72. The first-order valence-electron chi connectivity index (χ1n) is 10.7. The fourth-order valence-corrected chi connectivity index (χ4v) is 4.89. The molecule has 4 rings (SSSR count). The Balaban J connectivity index is 1.38. The first-order chi connectivity index (χ1) is 14.4. The largest absolute Gasteiger partial charge is 0.461 e. The van der Waals surface area contributed by atoms with Crippen molar-refractivity contribution in [2.45, 2.75) is 87.7 Å². The third-order valence-electron chi connectivity index (χ3n) is 6.25. The van der Waals surface area contributed by atoms with Gasteiger partial charge >= 0.3 is 11.9 Å². The number of esters is 2. The molecule has 0 aromatic carbocycles. The minimum atomic E-state index is -0.632. The van der Waals surface area contributed by atoms with Gasteiger partial charge in [0.15, 0.2) is 17.7 Å². The Morgan fingerprint density at radius 3 is 1.93 bits per heavy atom. The summed E-state index contributed by atoms with van der Waals surface area (Å²) in [4.78, 5) is 24.0. The van der Waals surface area contributed by atoms with Crippen molar-refractivity contribution in [3.63, 3.8) is 0 Å². The summed E-state index contributed by atoms with van der Waals surface area (Å²) in [7, 11) is 0. The molecule has 0 bridgehead atoms. The molecule has 9 heteroatoms. The lowest BCUT2D eigenvalue weighted by Crippen LogP contribution is -2.45. The Hall–Kier alpha value is -0.750. The average molecular weight is 536 g/mol. The van der Waals surface area contributed by atoms with E-state index >= 15 is 0 Å². The van der Waals surface area contributed by atoms with E-state index in [-0.39, 0.29) is 16.6 Å². The van der Waals surface area contributed by atoms with Crippen LogP contribution in [-0.4, -0.2) is 61.6 Å². The summed E-state index contributed by atoms with van der Waals surface area (Å²) in [6.45, 7) is 4.16. The second kappa shape index (κ2) is 9.40. The number of carbonyl (C=O) groups is 2. The smallest absolute Gasteiger partial charge is 0.343 e. The van der Waals surface area contributed by atoms with Gasteiger partial charge in [-0.3, -0.25) is 4.79 Å². The first-order valence-corrected chi connectivity index (χ1v) is 11.8. The van der Waals surface area contributed by atoms with Gasteiger partial charge in [-0.15, -0.1) is 0 Å². The molecule has 2 heterocycles. The van der Waals surface area contributed by atoms with Crippen LogP contribution in [0, 0.1) is 0 Å². The summed E-state index contributed by atoms with van der Waals surface area (Å²) < 4.78 is 35.6. The highest BCUT2D eigenvalue weighted by Gasteiger charge is 2.53. The number of rotatable bonds is 7. The molecule has 4 aliphatic rings. The zero-order chi connectivity index (χ0) is 21.2. The minimum Gasteiger partial charge on any atom is -0.461 e. The van der Waals surface area contributed by atoms with Crippen molar-refractivity contribution in [1.82, 2.24) is 0 Å². The van der Waals surface area contributed by atoms with E-state index in [1.165, 1.54) is 0 Å². The summed E-state index contributed by atoms with van der Waals surface area (Å²) >= 11 is 1.78. The summed E-state index contributed by atoms with van der Waals surface area (Å²) in [6.07, 6.45) is 6.18. The lowest BCUT2D eigenvalue weighted by molar-refractivity contribution is -0.207. The fraction of sp³-hybridized carbons (Fsp3) is 0.810. The van der Waals surface area contributed by atoms with Crippen LogP contribution in [0.3, 0.4) is 0 Å². The molecule has 4 fully saturated rings. The highest BCUT2D eigenvalue weighted by molar-refractivity contribution is 14.1. The molecule has 2 aliphatic carbocycles. The van der Waals surface area contributed by atoms with Crippen LogP contribution in [0.4, 0.5) is 0 Å². The lowest BCUT2D eigenvalue weighted by atomic mass is 10.1. The average Bonchev–Trinajstić information content (AvgIpc) is 3.52. The number of ether oxygens (including phenoxy) is 6. The van der Waals surface area contributed by atoms with Crippen LogP contribution in [0.15, 0.2) is 10.2 Å². The molecule has 168 valence electrons. The van der Waals surface area contributed by atoms with Crippen molar-refractivity contribution in [2.75, 3.05) is 19.8 Å². The van der Waals surface area contributed by atoms with Gasteiger partial charge in [0.2, 0.25) is 0 Å². The molecule has 2 aliphatic heterocycles. The van der Waals surface area contributed by atoms with Crippen LogP contribution in [0.1, 0.15) is 57.8 Å². The van der Waals surface area contributed by atoms with Gasteiger partial charge in [-0.2, -0.15) is 0 Å². The molecular weight excluding hydrogens is 507 g/mol. The number of hydrogen-bond donors (Lipinski definition) is 0. The van der Waals surface area contributed by atoms with E-state index in [2.05, 4.69) is 6.58 Å². The molecule has 2 saturated heterocycles. The predicted octanol–water partition coefficient (Wildman–Crippen LogP) is 3.15. The van der Waals surface area contributed by atoms with Crippen molar-refractivity contribution < 1.29 is 38.0 Å². The lowest BCUT2D eigenvalue weighted by Gasteiger charge is -2.30. The summed E-state index contributed by atoms with van der Waals surface area (Å²) in [6, 6.07) is 0. The fourth-order valence-electron chi connectivity index (χ4n) is 4.74. The first kappa shape index (κ1) is 22.4. The molecule has 0 N–H and O–H groups in total. The standard InChI is InChI=1S/C21H29IO8/c1-14(22)19(24)25-11-6-17(23)28-18(15-12-26-20(29-15)7-2-3-8-20)16-13-27-21(30-16)9-4-5-10-21/h15-16,18H,1-13H2. The third-order valence-corrected chi connectivity index (χ3v) is 6.69. The minimum absolute atomic E-state index is 0.0520. The maximum atomic E-state index is 12.5. The molecule has 2 unspecified atom stereocenters. The van der Waals surface area contributed by atoms with Crippen LogP contribution in [0.2, 0.25) is 0 Å². The highest BCUT2D eigenvalue weighted by atomic mass is 127. The van der Waals surface area contributed by atoms with Gasteiger partial charge in [0.05, 0.1) is 23.2 Å². The maximum absolute atomic E-state index is 12.5. The van der Waals surface area contributed by atoms with Gasteiger partial charge in [0.25, 0.3) is 0 Å². The van der Waals surface area contributed by atoms with Gasteiger partial charge in [-0.1, -0.05) is 6.58 Å². The summed E-state index contributed by atoms with van der Waals surface area (Å²) in [5.74, 6) is -2.13. The maximum Gasteiger partial charge on any atom is 0.343 e. The topological polar surface area (TPSA) is 89.5 Å². The zero-order valence-corrected chi connectivity index (χ0v) is 19.2. The van der Waals surface area contributed by atoms with Crippen molar-refractivity contribution >= 4 is 34.5 Å². The van der Waals surface area contributed by atoms with Gasteiger partial charge in [0.1, 0.15) is 18.8 Å². The predicted molar refractivity (Wildman–Crippen MR) is 113 cm³/mol. The molecule has 2 atom stereocenters. The summed E-state index contributed by atoms with van der Waals surface area (Å²) in [5.41, 5.74) is 0. The van der Waals surface area contributed by atoms with E-state index in [0.717, 1.165) is 51.4 Å². The molecular formula is C21H29IO8. The van der Waals surface area contributed by atoms with Gasteiger partial charge in [-0.25, -0.2) is 4.79 Å². The van der Waals surface area contributed by atoms with Crippen molar-refractivity contribution in [3.8, 4) is 0 Å². The van der Waals surface area contributed by atoms with E-state index in [1.54, 1.807) is 22.6 Å². The molecule has 0 aromatic heterocycles. The van der Waals surface area contributed by atoms with E-state index in [0.29, 0.717) is 13.2 Å². The van der Waals surface area contributed by atoms with Crippen LogP contribution in [-0.2, 0) is 38.0 Å². The van der Waals surface area contributed by atoms with Crippen molar-refractivity contribution in [3.05, 3.63) is 10.2 Å². The van der Waals surface area contributed by atoms with E-state index in [1.807, 2.05) is 0 Å². The van der Waals surface area contributed by atoms with Gasteiger partial charge in [-0.05, 0) is 48.3 Å². The van der Waals surface area contributed by atoms with Gasteiger partial charge in [0, 0.05) is 25.7 Å². The summed E-state index contributed by atoms with van der Waals surface area (Å²) in [5, 5.41) is 0. The monoisotopic (exact) mass is 536 g/mol. The number of hydrogen-bond acceptors (Lipinski definition) is 8. The van der Waals surface area contributed by atoms with E-state index in [4.69, 9.17) is 28.4 Å². The molecule has 0 aromatic rings. The molecule has 8 nitrogen and oxygen atoms in total. The zero-order valence-electron chi connectivity index (χ0n) is 17.1. The SMILES string of the molecule is C=C(I)C(=O)OCCC(=O)OC(C1COC2(CCCC2)O1)C1COC2(CCCC2)O1.